The second-order valence-corrected chi connectivity index (χ2v) is 9.10. The van der Waals surface area contributed by atoms with Crippen LogP contribution in [-0.4, -0.2) is 53.1 Å². The molecule has 0 bridgehead atoms. The molecule has 1 aromatic rings. The molecule has 2 N–H and O–H groups in total. The number of halogens is 2. The number of hydrogen-bond acceptors (Lipinski definition) is 5. The Morgan fingerprint density at radius 1 is 1.21 bits per heavy atom. The summed E-state index contributed by atoms with van der Waals surface area (Å²) < 4.78 is 65.5. The molecule has 2 rings (SSSR count). The van der Waals surface area contributed by atoms with Gasteiger partial charge in [-0.3, -0.25) is 4.72 Å². The monoisotopic (exact) mass is 401 g/mol. The predicted octanol–water partition coefficient (Wildman–Crippen LogP) is 0.993. The summed E-state index contributed by atoms with van der Waals surface area (Å²) in [5.41, 5.74) is -0.261. The van der Waals surface area contributed by atoms with E-state index in [1.54, 1.807) is 0 Å². The average Bonchev–Trinajstić information content (AvgIpc) is 2.78. The van der Waals surface area contributed by atoms with Crippen LogP contribution in [0.3, 0.4) is 0 Å². The van der Waals surface area contributed by atoms with Gasteiger partial charge in [0.25, 0.3) is 0 Å². The molecule has 0 saturated carbocycles. The lowest BCUT2D eigenvalue weighted by Gasteiger charge is -2.20. The first-order chi connectivity index (χ1) is 10.8. The number of rotatable bonds is 5. The van der Waals surface area contributed by atoms with Gasteiger partial charge in [-0.25, -0.2) is 21.2 Å². The van der Waals surface area contributed by atoms with Crippen LogP contribution < -0.4 is 10.0 Å². The molecular formula is C13H21ClFN3O4S2. The van der Waals surface area contributed by atoms with Crippen molar-refractivity contribution in [2.45, 2.75) is 18.2 Å². The minimum atomic E-state index is -3.80. The molecule has 0 aromatic heterocycles. The maximum atomic E-state index is 14.1. The van der Waals surface area contributed by atoms with Crippen LogP contribution >= 0.6 is 12.4 Å². The maximum Gasteiger partial charge on any atom is 0.243 e. The topological polar surface area (TPSA) is 95.6 Å². The maximum absolute atomic E-state index is 14.1. The third kappa shape index (κ3) is 5.03. The third-order valence-electron chi connectivity index (χ3n) is 3.52. The van der Waals surface area contributed by atoms with E-state index in [2.05, 4.69) is 10.0 Å². The van der Waals surface area contributed by atoms with E-state index in [1.165, 1.54) is 17.3 Å². The quantitative estimate of drug-likeness (QED) is 0.767. The van der Waals surface area contributed by atoms with Gasteiger partial charge in [-0.1, -0.05) is 0 Å². The van der Waals surface area contributed by atoms with Crippen LogP contribution in [0.2, 0.25) is 0 Å². The SMILES string of the molecule is CCS(=O)(=O)Nc1ccc(S(=O)(=O)N2CCCNCC2)cc1F.Cl. The van der Waals surface area contributed by atoms with Crippen molar-refractivity contribution in [3.63, 3.8) is 0 Å². The molecule has 11 heteroatoms. The highest BCUT2D eigenvalue weighted by atomic mass is 35.5. The highest BCUT2D eigenvalue weighted by molar-refractivity contribution is 7.92. The van der Waals surface area contributed by atoms with Gasteiger partial charge in [-0.05, 0) is 38.1 Å². The van der Waals surface area contributed by atoms with E-state index in [0.29, 0.717) is 26.1 Å². The fourth-order valence-corrected chi connectivity index (χ4v) is 4.33. The van der Waals surface area contributed by atoms with Crippen molar-refractivity contribution < 1.29 is 21.2 Å². The summed E-state index contributed by atoms with van der Waals surface area (Å²) in [6.45, 7) is 3.37. The molecule has 0 radical (unpaired) electrons. The summed E-state index contributed by atoms with van der Waals surface area (Å²) in [6, 6.07) is 3.19. The molecule has 1 aliphatic heterocycles. The molecule has 0 atom stereocenters. The van der Waals surface area contributed by atoms with Gasteiger partial charge in [0.15, 0.2) is 0 Å². The molecule has 1 aromatic carbocycles. The van der Waals surface area contributed by atoms with Crippen LogP contribution in [0.5, 0.6) is 0 Å². The van der Waals surface area contributed by atoms with Crippen LogP contribution in [-0.2, 0) is 20.0 Å². The molecule has 0 unspecified atom stereocenters. The molecule has 0 spiro atoms. The first-order valence-electron chi connectivity index (χ1n) is 7.27. The van der Waals surface area contributed by atoms with Crippen LogP contribution in [0.15, 0.2) is 23.1 Å². The van der Waals surface area contributed by atoms with E-state index < -0.39 is 25.9 Å². The van der Waals surface area contributed by atoms with Gasteiger partial charge in [0.2, 0.25) is 20.0 Å². The van der Waals surface area contributed by atoms with E-state index in [9.17, 15) is 21.2 Å². The van der Waals surface area contributed by atoms with E-state index in [0.717, 1.165) is 18.7 Å². The molecule has 0 aliphatic carbocycles. The normalized spacial score (nSPS) is 16.9. The minimum absolute atomic E-state index is 0. The number of nitrogens with one attached hydrogen (secondary N) is 2. The lowest BCUT2D eigenvalue weighted by Crippen LogP contribution is -2.34. The number of sulfonamides is 2. The summed E-state index contributed by atoms with van der Waals surface area (Å²) in [7, 11) is -7.42. The molecule has 1 fully saturated rings. The van der Waals surface area contributed by atoms with Crippen LogP contribution in [0, 0.1) is 5.82 Å². The molecule has 0 amide bonds. The molecule has 1 heterocycles. The molecular weight excluding hydrogens is 381 g/mol. The summed E-state index contributed by atoms with van der Waals surface area (Å²) in [6.07, 6.45) is 0.677. The lowest BCUT2D eigenvalue weighted by atomic mass is 10.3. The molecule has 1 saturated heterocycles. The minimum Gasteiger partial charge on any atom is -0.315 e. The molecule has 138 valence electrons. The largest absolute Gasteiger partial charge is 0.315 e. The molecule has 1 aliphatic rings. The Morgan fingerprint density at radius 3 is 2.54 bits per heavy atom. The fourth-order valence-electron chi connectivity index (χ4n) is 2.19. The van der Waals surface area contributed by atoms with Gasteiger partial charge in [0.05, 0.1) is 16.3 Å². The number of benzene rings is 1. The van der Waals surface area contributed by atoms with Crippen LogP contribution in [0.1, 0.15) is 13.3 Å². The first kappa shape index (κ1) is 21.1. The zero-order valence-electron chi connectivity index (χ0n) is 13.2. The fraction of sp³-hybridized carbons (Fsp3) is 0.538. The van der Waals surface area contributed by atoms with Gasteiger partial charge in [0.1, 0.15) is 5.82 Å². The Morgan fingerprint density at radius 2 is 1.92 bits per heavy atom. The zero-order chi connectivity index (χ0) is 17.1. The van der Waals surface area contributed by atoms with Gasteiger partial charge in [0, 0.05) is 19.6 Å². The Bertz CT molecular complexity index is 763. The zero-order valence-corrected chi connectivity index (χ0v) is 15.6. The summed E-state index contributed by atoms with van der Waals surface area (Å²) in [4.78, 5) is -0.184. The van der Waals surface area contributed by atoms with Crippen molar-refractivity contribution in [3.8, 4) is 0 Å². The highest BCUT2D eigenvalue weighted by Crippen LogP contribution is 2.23. The Labute approximate surface area is 148 Å². The van der Waals surface area contributed by atoms with Crippen LogP contribution in [0.25, 0.3) is 0 Å². The average molecular weight is 402 g/mol. The second-order valence-electron chi connectivity index (χ2n) is 5.15. The first-order valence-corrected chi connectivity index (χ1v) is 10.4. The Hall–Kier alpha value is -0.940. The molecule has 24 heavy (non-hydrogen) atoms. The van der Waals surface area contributed by atoms with E-state index in [4.69, 9.17) is 0 Å². The summed E-state index contributed by atoms with van der Waals surface area (Å²) in [5.74, 6) is -1.12. The van der Waals surface area contributed by atoms with Crippen LogP contribution in [0.4, 0.5) is 10.1 Å². The van der Waals surface area contributed by atoms with Gasteiger partial charge in [-0.2, -0.15) is 4.31 Å². The standard InChI is InChI=1S/C13H20FN3O4S2.ClH/c1-2-22(18,19)16-13-5-4-11(10-12(13)14)23(20,21)17-8-3-6-15-7-9-17;/h4-5,10,15-16H,2-3,6-9H2,1H3;1H. The number of nitrogens with zero attached hydrogens (tertiary/aromatic N) is 1. The van der Waals surface area contributed by atoms with Crippen molar-refractivity contribution in [1.29, 1.82) is 0 Å². The summed E-state index contributed by atoms with van der Waals surface area (Å²) in [5, 5.41) is 3.10. The predicted molar refractivity (Wildman–Crippen MR) is 93.0 cm³/mol. The Kier molecular flexibility index (Phi) is 7.42. The van der Waals surface area contributed by atoms with Crippen molar-refractivity contribution in [2.75, 3.05) is 36.7 Å². The third-order valence-corrected chi connectivity index (χ3v) is 6.71. The van der Waals surface area contributed by atoms with E-state index >= 15 is 0 Å². The van der Waals surface area contributed by atoms with E-state index in [1.807, 2.05) is 0 Å². The summed E-state index contributed by atoms with van der Waals surface area (Å²) >= 11 is 0. The number of hydrogen-bond donors (Lipinski definition) is 2. The van der Waals surface area contributed by atoms with Crippen molar-refractivity contribution >= 4 is 38.1 Å². The highest BCUT2D eigenvalue weighted by Gasteiger charge is 2.26. The Balaban J connectivity index is 0.00000288. The van der Waals surface area contributed by atoms with E-state index in [-0.39, 0.29) is 28.7 Å². The smallest absolute Gasteiger partial charge is 0.243 e. The number of anilines is 1. The van der Waals surface area contributed by atoms with Crippen molar-refractivity contribution in [2.24, 2.45) is 0 Å². The van der Waals surface area contributed by atoms with Crippen molar-refractivity contribution in [3.05, 3.63) is 24.0 Å². The van der Waals surface area contributed by atoms with Gasteiger partial charge < -0.3 is 5.32 Å². The second kappa shape index (κ2) is 8.43. The van der Waals surface area contributed by atoms with Gasteiger partial charge >= 0.3 is 0 Å². The van der Waals surface area contributed by atoms with Gasteiger partial charge in [-0.15, -0.1) is 12.4 Å². The molecule has 7 nitrogen and oxygen atoms in total. The van der Waals surface area contributed by atoms with Crippen molar-refractivity contribution in [1.82, 2.24) is 9.62 Å². The lowest BCUT2D eigenvalue weighted by molar-refractivity contribution is 0.431.